The van der Waals surface area contributed by atoms with Crippen molar-refractivity contribution in [1.82, 2.24) is 9.29 Å². The van der Waals surface area contributed by atoms with E-state index in [1.807, 2.05) is 31.2 Å². The molecule has 3 aromatic carbocycles. The van der Waals surface area contributed by atoms with E-state index in [1.54, 1.807) is 42.5 Å². The average molecular weight is 421 g/mol. The number of aromatic amines is 1. The van der Waals surface area contributed by atoms with Crippen molar-refractivity contribution >= 4 is 20.9 Å². The lowest BCUT2D eigenvalue weighted by atomic mass is 9.92. The van der Waals surface area contributed by atoms with Crippen LogP contribution in [0.15, 0.2) is 77.7 Å². The van der Waals surface area contributed by atoms with Gasteiger partial charge in [0.2, 0.25) is 10.0 Å². The van der Waals surface area contributed by atoms with E-state index in [1.165, 1.54) is 10.4 Å². The molecule has 5 rings (SSSR count). The fraction of sp³-hybridized carbons (Fsp3) is 0.167. The number of nitrogens with zero attached hydrogens (tertiary/aromatic N) is 1. The van der Waals surface area contributed by atoms with Gasteiger partial charge in [0.25, 0.3) is 0 Å². The van der Waals surface area contributed by atoms with Crippen LogP contribution in [0.3, 0.4) is 0 Å². The highest BCUT2D eigenvalue weighted by Gasteiger charge is 2.40. The van der Waals surface area contributed by atoms with Gasteiger partial charge in [0.15, 0.2) is 0 Å². The third kappa shape index (κ3) is 2.95. The number of para-hydroxylation sites is 1. The predicted molar refractivity (Wildman–Crippen MR) is 115 cm³/mol. The highest BCUT2D eigenvalue weighted by molar-refractivity contribution is 7.89. The first-order valence-corrected chi connectivity index (χ1v) is 11.3. The number of halogens is 1. The molecule has 0 radical (unpaired) electrons. The number of hydrogen-bond acceptors (Lipinski definition) is 2. The van der Waals surface area contributed by atoms with E-state index in [9.17, 15) is 12.8 Å². The fourth-order valence-electron chi connectivity index (χ4n) is 4.34. The minimum Gasteiger partial charge on any atom is -0.358 e. The maximum absolute atomic E-state index is 15.0. The van der Waals surface area contributed by atoms with Crippen LogP contribution in [-0.2, 0) is 16.4 Å². The number of nitrogens with one attached hydrogen (secondary N) is 1. The van der Waals surface area contributed by atoms with Gasteiger partial charge in [-0.1, -0.05) is 54.1 Å². The second-order valence-corrected chi connectivity index (χ2v) is 9.56. The normalized spacial score (nSPS) is 17.2. The molecule has 1 unspecified atom stereocenters. The molecule has 1 aliphatic rings. The van der Waals surface area contributed by atoms with Gasteiger partial charge in [0.05, 0.1) is 10.9 Å². The first kappa shape index (κ1) is 19.0. The summed E-state index contributed by atoms with van der Waals surface area (Å²) in [5.74, 6) is -0.412. The Morgan fingerprint density at radius 2 is 1.67 bits per heavy atom. The molecule has 0 bridgehead atoms. The molecule has 30 heavy (non-hydrogen) atoms. The van der Waals surface area contributed by atoms with Crippen LogP contribution in [0.2, 0.25) is 0 Å². The first-order chi connectivity index (χ1) is 14.5. The Morgan fingerprint density at radius 1 is 0.967 bits per heavy atom. The Balaban J connectivity index is 1.75. The minimum absolute atomic E-state index is 0.220. The summed E-state index contributed by atoms with van der Waals surface area (Å²) in [6.07, 6.45) is 0.542. The Bertz CT molecular complexity index is 1340. The molecule has 1 aromatic heterocycles. The summed E-state index contributed by atoms with van der Waals surface area (Å²) < 4.78 is 43.7. The van der Waals surface area contributed by atoms with Gasteiger partial charge >= 0.3 is 0 Å². The van der Waals surface area contributed by atoms with Crippen LogP contribution in [0.1, 0.15) is 28.4 Å². The van der Waals surface area contributed by atoms with Crippen LogP contribution < -0.4 is 0 Å². The van der Waals surface area contributed by atoms with Gasteiger partial charge in [-0.15, -0.1) is 0 Å². The molecule has 0 spiro atoms. The molecule has 152 valence electrons. The van der Waals surface area contributed by atoms with E-state index >= 15 is 0 Å². The predicted octanol–water partition coefficient (Wildman–Crippen LogP) is 4.95. The van der Waals surface area contributed by atoms with E-state index in [0.29, 0.717) is 12.0 Å². The monoisotopic (exact) mass is 420 g/mol. The topological polar surface area (TPSA) is 53.2 Å². The number of benzene rings is 3. The van der Waals surface area contributed by atoms with Crippen LogP contribution in [0.25, 0.3) is 10.9 Å². The van der Waals surface area contributed by atoms with Gasteiger partial charge in [0, 0.05) is 40.7 Å². The van der Waals surface area contributed by atoms with Crippen LogP contribution in [0.5, 0.6) is 0 Å². The van der Waals surface area contributed by atoms with E-state index in [-0.39, 0.29) is 11.4 Å². The van der Waals surface area contributed by atoms with Gasteiger partial charge in [-0.2, -0.15) is 4.31 Å². The maximum Gasteiger partial charge on any atom is 0.243 e. The number of sulfonamides is 1. The average Bonchev–Trinajstić information content (AvgIpc) is 3.13. The standard InChI is InChI=1S/C24H21FN2O2S/c1-16-10-12-17(13-11-16)30(28,29)27-15-14-22-23(19-7-3-5-9-21(19)26-22)24(27)18-6-2-4-8-20(18)25/h2-13,24,26H,14-15H2,1H3. The minimum atomic E-state index is -3.83. The molecular formula is C24H21FN2O2S. The zero-order valence-electron chi connectivity index (χ0n) is 16.5. The fourth-order valence-corrected chi connectivity index (χ4v) is 5.92. The quantitative estimate of drug-likeness (QED) is 0.510. The van der Waals surface area contributed by atoms with Crippen LogP contribution in [0.4, 0.5) is 4.39 Å². The molecule has 6 heteroatoms. The molecule has 0 amide bonds. The number of aromatic nitrogens is 1. The van der Waals surface area contributed by atoms with Crippen LogP contribution in [-0.4, -0.2) is 24.3 Å². The molecule has 0 saturated carbocycles. The van der Waals surface area contributed by atoms with E-state index in [0.717, 1.165) is 27.7 Å². The Morgan fingerprint density at radius 3 is 2.43 bits per heavy atom. The highest BCUT2D eigenvalue weighted by atomic mass is 32.2. The number of hydrogen-bond donors (Lipinski definition) is 1. The van der Waals surface area contributed by atoms with Gasteiger partial charge in [-0.3, -0.25) is 0 Å². The van der Waals surface area contributed by atoms with Crippen molar-refractivity contribution in [3.63, 3.8) is 0 Å². The van der Waals surface area contributed by atoms with Gasteiger partial charge in [0.1, 0.15) is 5.82 Å². The molecule has 0 aliphatic carbocycles. The first-order valence-electron chi connectivity index (χ1n) is 9.89. The number of fused-ring (bicyclic) bond motifs is 3. The summed E-state index contributed by atoms with van der Waals surface area (Å²) in [6, 6.07) is 20.3. The van der Waals surface area contributed by atoms with E-state index < -0.39 is 21.9 Å². The van der Waals surface area contributed by atoms with Crippen molar-refractivity contribution in [1.29, 1.82) is 0 Å². The van der Waals surface area contributed by atoms with Crippen molar-refractivity contribution in [2.45, 2.75) is 24.3 Å². The SMILES string of the molecule is Cc1ccc(S(=O)(=O)N2CCc3[nH]c4ccccc4c3C2c2ccccc2F)cc1. The summed E-state index contributed by atoms with van der Waals surface area (Å²) in [5, 5.41) is 0.921. The molecule has 0 fully saturated rings. The van der Waals surface area contributed by atoms with Crippen LogP contribution >= 0.6 is 0 Å². The van der Waals surface area contributed by atoms with Gasteiger partial charge in [-0.25, -0.2) is 12.8 Å². The van der Waals surface area contributed by atoms with Crippen molar-refractivity contribution in [3.05, 3.63) is 101 Å². The summed E-state index contributed by atoms with van der Waals surface area (Å²) in [6.45, 7) is 2.19. The molecular weight excluding hydrogens is 399 g/mol. The summed E-state index contributed by atoms with van der Waals surface area (Å²) in [7, 11) is -3.83. The van der Waals surface area contributed by atoms with E-state index in [4.69, 9.17) is 0 Å². The second kappa shape index (κ2) is 7.07. The number of H-pyrrole nitrogens is 1. The molecule has 2 heterocycles. The maximum atomic E-state index is 15.0. The third-order valence-corrected chi connectivity index (χ3v) is 7.68. The number of rotatable bonds is 3. The summed E-state index contributed by atoms with van der Waals surface area (Å²) in [4.78, 5) is 3.63. The Hall–Kier alpha value is -2.96. The van der Waals surface area contributed by atoms with Crippen molar-refractivity contribution in [2.75, 3.05) is 6.54 Å². The smallest absolute Gasteiger partial charge is 0.243 e. The summed E-state index contributed by atoms with van der Waals surface area (Å²) >= 11 is 0. The van der Waals surface area contributed by atoms with Crippen LogP contribution in [0, 0.1) is 12.7 Å². The molecule has 1 atom stereocenters. The zero-order chi connectivity index (χ0) is 20.9. The van der Waals surface area contributed by atoms with Gasteiger partial charge < -0.3 is 4.98 Å². The van der Waals surface area contributed by atoms with Crippen molar-refractivity contribution in [2.24, 2.45) is 0 Å². The Labute approximate surface area is 175 Å². The largest absolute Gasteiger partial charge is 0.358 e. The Kier molecular flexibility index (Phi) is 4.49. The molecule has 4 aromatic rings. The third-order valence-electron chi connectivity index (χ3n) is 5.80. The summed E-state index contributed by atoms with van der Waals surface area (Å²) in [5.41, 5.74) is 4.06. The van der Waals surface area contributed by atoms with Gasteiger partial charge in [-0.05, 0) is 31.2 Å². The second-order valence-electron chi connectivity index (χ2n) is 7.67. The van der Waals surface area contributed by atoms with Crippen molar-refractivity contribution in [3.8, 4) is 0 Å². The van der Waals surface area contributed by atoms with E-state index in [2.05, 4.69) is 4.98 Å². The zero-order valence-corrected chi connectivity index (χ0v) is 17.3. The highest BCUT2D eigenvalue weighted by Crippen LogP contribution is 2.42. The lowest BCUT2D eigenvalue weighted by Gasteiger charge is -2.35. The number of aryl methyl sites for hydroxylation is 1. The van der Waals surface area contributed by atoms with Crippen molar-refractivity contribution < 1.29 is 12.8 Å². The molecule has 1 N–H and O–H groups in total. The molecule has 4 nitrogen and oxygen atoms in total. The lowest BCUT2D eigenvalue weighted by Crippen LogP contribution is -2.40. The molecule has 1 aliphatic heterocycles. The molecule has 0 saturated heterocycles. The lowest BCUT2D eigenvalue weighted by molar-refractivity contribution is 0.337.